The number of aryl methyl sites for hydroxylation is 1. The third kappa shape index (κ3) is 3.40. The van der Waals surface area contributed by atoms with E-state index in [-0.39, 0.29) is 11.9 Å². The highest BCUT2D eigenvalue weighted by Gasteiger charge is 2.21. The van der Waals surface area contributed by atoms with Gasteiger partial charge >= 0.3 is 0 Å². The van der Waals surface area contributed by atoms with Crippen LogP contribution < -0.4 is 5.32 Å². The van der Waals surface area contributed by atoms with E-state index in [1.165, 1.54) is 16.5 Å². The lowest BCUT2D eigenvalue weighted by Gasteiger charge is -2.20. The van der Waals surface area contributed by atoms with Gasteiger partial charge in [0, 0.05) is 15.5 Å². The van der Waals surface area contributed by atoms with Crippen LogP contribution in [0.5, 0.6) is 0 Å². The van der Waals surface area contributed by atoms with Gasteiger partial charge in [-0.05, 0) is 48.5 Å². The smallest absolute Gasteiger partial charge is 0.129 e. The fourth-order valence-corrected chi connectivity index (χ4v) is 3.51. The van der Waals surface area contributed by atoms with Gasteiger partial charge in [-0.2, -0.15) is 0 Å². The predicted octanol–water partition coefficient (Wildman–Crippen LogP) is 5.19. The second kappa shape index (κ2) is 7.21. The van der Waals surface area contributed by atoms with Crippen LogP contribution >= 0.6 is 22.9 Å². The fraction of sp³-hybridized carbons (Fsp3) is 0.375. The summed E-state index contributed by atoms with van der Waals surface area (Å²) in [7, 11) is 0. The van der Waals surface area contributed by atoms with Gasteiger partial charge in [0.2, 0.25) is 0 Å². The molecule has 0 fully saturated rings. The Labute approximate surface area is 128 Å². The largest absolute Gasteiger partial charge is 0.306 e. The van der Waals surface area contributed by atoms with E-state index < -0.39 is 0 Å². The SMILES string of the molecule is CCCNC(c1ccc(Cl)cc1F)c1sccc1CC. The molecule has 1 atom stereocenters. The quantitative estimate of drug-likeness (QED) is 0.774. The highest BCUT2D eigenvalue weighted by molar-refractivity contribution is 7.10. The fourth-order valence-electron chi connectivity index (χ4n) is 2.26. The molecule has 0 aliphatic rings. The molecule has 1 aromatic carbocycles. The van der Waals surface area contributed by atoms with E-state index in [4.69, 9.17) is 11.6 Å². The van der Waals surface area contributed by atoms with Gasteiger partial charge in [0.05, 0.1) is 6.04 Å². The molecule has 108 valence electrons. The molecule has 0 saturated heterocycles. The summed E-state index contributed by atoms with van der Waals surface area (Å²) in [6.07, 6.45) is 1.97. The molecular formula is C16H19ClFNS. The first-order chi connectivity index (χ1) is 9.67. The van der Waals surface area contributed by atoms with Gasteiger partial charge in [-0.25, -0.2) is 4.39 Å². The van der Waals surface area contributed by atoms with E-state index in [2.05, 4.69) is 30.6 Å². The maximum Gasteiger partial charge on any atom is 0.129 e. The number of nitrogens with one attached hydrogen (secondary N) is 1. The Bertz CT molecular complexity index is 567. The molecule has 0 bridgehead atoms. The number of thiophene rings is 1. The molecule has 0 aliphatic heterocycles. The van der Waals surface area contributed by atoms with Gasteiger partial charge in [-0.3, -0.25) is 0 Å². The summed E-state index contributed by atoms with van der Waals surface area (Å²) in [4.78, 5) is 1.20. The number of benzene rings is 1. The van der Waals surface area contributed by atoms with Crippen LogP contribution in [-0.2, 0) is 6.42 Å². The Morgan fingerprint density at radius 2 is 2.10 bits per heavy atom. The van der Waals surface area contributed by atoms with Crippen molar-refractivity contribution in [3.05, 3.63) is 56.5 Å². The monoisotopic (exact) mass is 311 g/mol. The molecule has 1 unspecified atom stereocenters. The maximum absolute atomic E-state index is 14.2. The zero-order chi connectivity index (χ0) is 14.5. The van der Waals surface area contributed by atoms with Crippen molar-refractivity contribution in [1.29, 1.82) is 0 Å². The van der Waals surface area contributed by atoms with Crippen molar-refractivity contribution in [2.45, 2.75) is 32.7 Å². The lowest BCUT2D eigenvalue weighted by atomic mass is 10.0. The second-order valence-electron chi connectivity index (χ2n) is 4.72. The van der Waals surface area contributed by atoms with Crippen molar-refractivity contribution < 1.29 is 4.39 Å². The van der Waals surface area contributed by atoms with E-state index in [1.54, 1.807) is 23.5 Å². The molecule has 20 heavy (non-hydrogen) atoms. The van der Waals surface area contributed by atoms with E-state index >= 15 is 0 Å². The molecule has 2 aromatic rings. The third-order valence-corrected chi connectivity index (χ3v) is 4.55. The van der Waals surface area contributed by atoms with Crippen molar-refractivity contribution in [2.24, 2.45) is 0 Å². The van der Waals surface area contributed by atoms with Crippen LogP contribution in [0, 0.1) is 5.82 Å². The van der Waals surface area contributed by atoms with Crippen molar-refractivity contribution in [3.63, 3.8) is 0 Å². The third-order valence-electron chi connectivity index (χ3n) is 3.30. The van der Waals surface area contributed by atoms with Crippen LogP contribution in [0.4, 0.5) is 4.39 Å². The predicted molar refractivity (Wildman–Crippen MR) is 85.2 cm³/mol. The van der Waals surface area contributed by atoms with Crippen LogP contribution in [0.2, 0.25) is 5.02 Å². The molecule has 0 radical (unpaired) electrons. The van der Waals surface area contributed by atoms with Gasteiger partial charge in [0.1, 0.15) is 5.82 Å². The van der Waals surface area contributed by atoms with Crippen molar-refractivity contribution in [1.82, 2.24) is 5.32 Å². The van der Waals surface area contributed by atoms with Gasteiger partial charge in [-0.1, -0.05) is 31.5 Å². The van der Waals surface area contributed by atoms with Crippen LogP contribution in [0.3, 0.4) is 0 Å². The molecular weight excluding hydrogens is 293 g/mol. The van der Waals surface area contributed by atoms with E-state index in [0.29, 0.717) is 10.6 Å². The molecule has 0 saturated carbocycles. The average Bonchev–Trinajstić information content (AvgIpc) is 2.89. The first-order valence-corrected chi connectivity index (χ1v) is 8.17. The van der Waals surface area contributed by atoms with Crippen LogP contribution in [0.1, 0.15) is 42.3 Å². The molecule has 1 N–H and O–H groups in total. The lowest BCUT2D eigenvalue weighted by molar-refractivity contribution is 0.549. The summed E-state index contributed by atoms with van der Waals surface area (Å²) >= 11 is 7.53. The Morgan fingerprint density at radius 1 is 1.30 bits per heavy atom. The molecule has 2 rings (SSSR count). The van der Waals surface area contributed by atoms with Crippen molar-refractivity contribution in [2.75, 3.05) is 6.54 Å². The van der Waals surface area contributed by atoms with Gasteiger partial charge in [0.15, 0.2) is 0 Å². The Balaban J connectivity index is 2.41. The lowest BCUT2D eigenvalue weighted by Crippen LogP contribution is -2.24. The minimum absolute atomic E-state index is 0.0952. The Kier molecular flexibility index (Phi) is 5.58. The van der Waals surface area contributed by atoms with Crippen molar-refractivity contribution in [3.8, 4) is 0 Å². The van der Waals surface area contributed by atoms with Crippen molar-refractivity contribution >= 4 is 22.9 Å². The first-order valence-electron chi connectivity index (χ1n) is 6.92. The molecule has 4 heteroatoms. The summed E-state index contributed by atoms with van der Waals surface area (Å²) in [5.74, 6) is -0.249. The zero-order valence-corrected chi connectivity index (χ0v) is 13.3. The molecule has 0 spiro atoms. The van der Waals surface area contributed by atoms with Crippen LogP contribution in [0.25, 0.3) is 0 Å². The number of hydrogen-bond donors (Lipinski definition) is 1. The highest BCUT2D eigenvalue weighted by atomic mass is 35.5. The minimum atomic E-state index is -0.249. The molecule has 0 amide bonds. The normalized spacial score (nSPS) is 12.6. The van der Waals surface area contributed by atoms with Gasteiger partial charge < -0.3 is 5.32 Å². The van der Waals surface area contributed by atoms with E-state index in [9.17, 15) is 4.39 Å². The number of halogens is 2. The van der Waals surface area contributed by atoms with Crippen LogP contribution in [0.15, 0.2) is 29.6 Å². The summed E-state index contributed by atoms with van der Waals surface area (Å²) in [6.45, 7) is 5.09. The molecule has 0 aliphatic carbocycles. The molecule has 1 nitrogen and oxygen atoms in total. The molecule has 1 aromatic heterocycles. The zero-order valence-electron chi connectivity index (χ0n) is 11.7. The second-order valence-corrected chi connectivity index (χ2v) is 6.10. The average molecular weight is 312 g/mol. The topological polar surface area (TPSA) is 12.0 Å². The summed E-state index contributed by atoms with van der Waals surface area (Å²) in [6, 6.07) is 6.94. The standard InChI is InChI=1S/C16H19ClFNS/c1-3-8-19-15(16-11(4-2)7-9-20-16)13-6-5-12(17)10-14(13)18/h5-7,9-10,15,19H,3-4,8H2,1-2H3. The number of hydrogen-bond acceptors (Lipinski definition) is 2. The first kappa shape index (κ1) is 15.5. The minimum Gasteiger partial charge on any atom is -0.306 e. The van der Waals surface area contributed by atoms with Crippen LogP contribution in [-0.4, -0.2) is 6.54 Å². The Hall–Kier alpha value is -0.900. The van der Waals surface area contributed by atoms with Gasteiger partial charge in [0.25, 0.3) is 0 Å². The van der Waals surface area contributed by atoms with E-state index in [1.807, 2.05) is 0 Å². The highest BCUT2D eigenvalue weighted by Crippen LogP contribution is 2.32. The Morgan fingerprint density at radius 3 is 2.75 bits per heavy atom. The molecule has 1 heterocycles. The number of rotatable bonds is 6. The maximum atomic E-state index is 14.2. The summed E-state index contributed by atoms with van der Waals surface area (Å²) < 4.78 is 14.2. The van der Waals surface area contributed by atoms with E-state index in [0.717, 1.165) is 19.4 Å². The van der Waals surface area contributed by atoms with Gasteiger partial charge in [-0.15, -0.1) is 11.3 Å². The summed E-state index contributed by atoms with van der Waals surface area (Å²) in [5.41, 5.74) is 1.94. The summed E-state index contributed by atoms with van der Waals surface area (Å²) in [5, 5.41) is 5.96.